The van der Waals surface area contributed by atoms with Gasteiger partial charge in [-0.25, -0.2) is 0 Å². The predicted molar refractivity (Wildman–Crippen MR) is 65.7 cm³/mol. The van der Waals surface area contributed by atoms with E-state index in [0.29, 0.717) is 6.61 Å². The van der Waals surface area contributed by atoms with Gasteiger partial charge in [-0.2, -0.15) is 0 Å². The molecule has 0 bridgehead atoms. The molecule has 0 fully saturated rings. The minimum atomic E-state index is -0.241. The number of hydrogen-bond acceptors (Lipinski definition) is 4. The van der Waals surface area contributed by atoms with Crippen molar-refractivity contribution < 1.29 is 14.3 Å². The standard InChI is InChI=1S/C13H19NO3/c1-16-10-12-6-4-3-5-11(12)7-8-14-9-13(15)17-2/h3-6,14H,7-10H2,1-2H3. The van der Waals surface area contributed by atoms with Crippen LogP contribution in [0.3, 0.4) is 0 Å². The van der Waals surface area contributed by atoms with E-state index in [1.807, 2.05) is 12.1 Å². The molecule has 0 saturated carbocycles. The van der Waals surface area contributed by atoms with Gasteiger partial charge in [-0.15, -0.1) is 0 Å². The third-order valence-electron chi connectivity index (χ3n) is 2.49. The zero-order valence-corrected chi connectivity index (χ0v) is 10.4. The van der Waals surface area contributed by atoms with Crippen molar-refractivity contribution in [2.24, 2.45) is 0 Å². The lowest BCUT2D eigenvalue weighted by Gasteiger charge is -2.09. The highest BCUT2D eigenvalue weighted by molar-refractivity contribution is 5.71. The van der Waals surface area contributed by atoms with Crippen LogP contribution >= 0.6 is 0 Å². The van der Waals surface area contributed by atoms with Gasteiger partial charge in [0.15, 0.2) is 0 Å². The second-order valence-corrected chi connectivity index (χ2v) is 3.70. The van der Waals surface area contributed by atoms with E-state index in [-0.39, 0.29) is 12.5 Å². The Bertz CT molecular complexity index is 352. The second kappa shape index (κ2) is 7.81. The summed E-state index contributed by atoms with van der Waals surface area (Å²) in [6.07, 6.45) is 0.872. The van der Waals surface area contributed by atoms with Crippen LogP contribution < -0.4 is 5.32 Å². The molecule has 1 aromatic carbocycles. The fraction of sp³-hybridized carbons (Fsp3) is 0.462. The van der Waals surface area contributed by atoms with E-state index in [0.717, 1.165) is 13.0 Å². The largest absolute Gasteiger partial charge is 0.468 e. The highest BCUT2D eigenvalue weighted by atomic mass is 16.5. The first-order chi connectivity index (χ1) is 8.27. The van der Waals surface area contributed by atoms with Gasteiger partial charge in [0.2, 0.25) is 0 Å². The van der Waals surface area contributed by atoms with Gasteiger partial charge in [0.1, 0.15) is 0 Å². The van der Waals surface area contributed by atoms with Crippen LogP contribution in [0.5, 0.6) is 0 Å². The zero-order valence-electron chi connectivity index (χ0n) is 10.4. The van der Waals surface area contributed by atoms with Crippen molar-refractivity contribution in [2.75, 3.05) is 27.3 Å². The summed E-state index contributed by atoms with van der Waals surface area (Å²) < 4.78 is 9.68. The summed E-state index contributed by atoms with van der Waals surface area (Å²) in [7, 11) is 3.07. The van der Waals surface area contributed by atoms with E-state index < -0.39 is 0 Å². The Hall–Kier alpha value is -1.39. The number of hydrogen-bond donors (Lipinski definition) is 1. The van der Waals surface area contributed by atoms with Gasteiger partial charge in [-0.05, 0) is 24.1 Å². The Balaban J connectivity index is 2.38. The van der Waals surface area contributed by atoms with Crippen molar-refractivity contribution in [2.45, 2.75) is 13.0 Å². The average molecular weight is 237 g/mol. The van der Waals surface area contributed by atoms with Gasteiger partial charge in [0.05, 0.1) is 20.3 Å². The van der Waals surface area contributed by atoms with Crippen LogP contribution in [-0.4, -0.2) is 33.3 Å². The molecule has 0 atom stereocenters. The lowest BCUT2D eigenvalue weighted by molar-refractivity contribution is -0.139. The maximum Gasteiger partial charge on any atom is 0.319 e. The van der Waals surface area contributed by atoms with Crippen LogP contribution in [0.2, 0.25) is 0 Å². The first kappa shape index (κ1) is 13.7. The summed E-state index contributed by atoms with van der Waals surface area (Å²) in [4.78, 5) is 10.9. The van der Waals surface area contributed by atoms with Crippen molar-refractivity contribution in [3.05, 3.63) is 35.4 Å². The quantitative estimate of drug-likeness (QED) is 0.570. The number of ether oxygens (including phenoxy) is 2. The van der Waals surface area contributed by atoms with Gasteiger partial charge in [0.25, 0.3) is 0 Å². The topological polar surface area (TPSA) is 47.6 Å². The Kier molecular flexibility index (Phi) is 6.29. The molecule has 0 radical (unpaired) electrons. The monoisotopic (exact) mass is 237 g/mol. The van der Waals surface area contributed by atoms with Gasteiger partial charge in [-0.1, -0.05) is 24.3 Å². The summed E-state index contributed by atoms with van der Waals surface area (Å²) in [5, 5.41) is 3.04. The Morgan fingerprint density at radius 1 is 1.24 bits per heavy atom. The molecule has 0 aliphatic rings. The number of esters is 1. The normalized spacial score (nSPS) is 10.2. The smallest absolute Gasteiger partial charge is 0.319 e. The summed E-state index contributed by atoms with van der Waals surface area (Å²) in [6.45, 7) is 1.62. The number of rotatable bonds is 7. The lowest BCUT2D eigenvalue weighted by atomic mass is 10.1. The Morgan fingerprint density at radius 3 is 2.59 bits per heavy atom. The van der Waals surface area contributed by atoms with Crippen LogP contribution in [0.1, 0.15) is 11.1 Å². The van der Waals surface area contributed by atoms with Crippen LogP contribution in [0, 0.1) is 0 Å². The second-order valence-electron chi connectivity index (χ2n) is 3.70. The molecule has 0 aliphatic heterocycles. The molecule has 1 aromatic rings. The molecule has 17 heavy (non-hydrogen) atoms. The molecule has 0 unspecified atom stereocenters. The average Bonchev–Trinajstić information content (AvgIpc) is 2.36. The molecular formula is C13H19NO3. The van der Waals surface area contributed by atoms with Crippen molar-refractivity contribution in [3.8, 4) is 0 Å². The minimum absolute atomic E-state index is 0.241. The van der Waals surface area contributed by atoms with Gasteiger partial charge >= 0.3 is 5.97 Å². The molecule has 0 heterocycles. The molecule has 1 rings (SSSR count). The van der Waals surface area contributed by atoms with Crippen LogP contribution in [-0.2, 0) is 27.3 Å². The number of carbonyl (C=O) groups excluding carboxylic acids is 1. The van der Waals surface area contributed by atoms with Crippen molar-refractivity contribution in [3.63, 3.8) is 0 Å². The molecule has 4 nitrogen and oxygen atoms in total. The van der Waals surface area contributed by atoms with E-state index in [1.165, 1.54) is 18.2 Å². The fourth-order valence-corrected chi connectivity index (χ4v) is 1.58. The molecule has 4 heteroatoms. The van der Waals surface area contributed by atoms with Gasteiger partial charge < -0.3 is 14.8 Å². The predicted octanol–water partition coefficient (Wildman–Crippen LogP) is 1.14. The fourth-order valence-electron chi connectivity index (χ4n) is 1.58. The van der Waals surface area contributed by atoms with Crippen LogP contribution in [0.25, 0.3) is 0 Å². The molecule has 0 saturated heterocycles. The highest BCUT2D eigenvalue weighted by Crippen LogP contribution is 2.10. The SMILES string of the molecule is COCc1ccccc1CCNCC(=O)OC. The van der Waals surface area contributed by atoms with E-state index in [9.17, 15) is 4.79 Å². The van der Waals surface area contributed by atoms with Gasteiger partial charge in [0, 0.05) is 7.11 Å². The first-order valence-electron chi connectivity index (χ1n) is 5.61. The number of benzene rings is 1. The van der Waals surface area contributed by atoms with Crippen LogP contribution in [0.15, 0.2) is 24.3 Å². The number of methoxy groups -OCH3 is 2. The molecule has 94 valence electrons. The Labute approximate surface area is 102 Å². The lowest BCUT2D eigenvalue weighted by Crippen LogP contribution is -2.26. The van der Waals surface area contributed by atoms with E-state index in [1.54, 1.807) is 7.11 Å². The molecular weight excluding hydrogens is 218 g/mol. The van der Waals surface area contributed by atoms with Crippen molar-refractivity contribution in [1.29, 1.82) is 0 Å². The molecule has 0 aromatic heterocycles. The summed E-state index contributed by atoms with van der Waals surface area (Å²) in [5.74, 6) is -0.241. The molecule has 0 aliphatic carbocycles. The summed E-state index contributed by atoms with van der Waals surface area (Å²) in [5.41, 5.74) is 2.43. The maximum absolute atomic E-state index is 10.9. The molecule has 1 N–H and O–H groups in total. The third kappa shape index (κ3) is 4.97. The summed E-state index contributed by atoms with van der Waals surface area (Å²) in [6, 6.07) is 8.14. The summed E-state index contributed by atoms with van der Waals surface area (Å²) >= 11 is 0. The van der Waals surface area contributed by atoms with E-state index in [2.05, 4.69) is 22.2 Å². The number of carbonyl (C=O) groups is 1. The molecule has 0 amide bonds. The molecule has 0 spiro atoms. The third-order valence-corrected chi connectivity index (χ3v) is 2.49. The minimum Gasteiger partial charge on any atom is -0.468 e. The first-order valence-corrected chi connectivity index (χ1v) is 5.61. The highest BCUT2D eigenvalue weighted by Gasteiger charge is 2.02. The van der Waals surface area contributed by atoms with Crippen molar-refractivity contribution >= 4 is 5.97 Å². The maximum atomic E-state index is 10.9. The Morgan fingerprint density at radius 2 is 1.94 bits per heavy atom. The van der Waals surface area contributed by atoms with Crippen LogP contribution in [0.4, 0.5) is 0 Å². The van der Waals surface area contributed by atoms with Crippen molar-refractivity contribution in [1.82, 2.24) is 5.32 Å². The van der Waals surface area contributed by atoms with E-state index >= 15 is 0 Å². The number of nitrogens with one attached hydrogen (secondary N) is 1. The van der Waals surface area contributed by atoms with Gasteiger partial charge in [-0.3, -0.25) is 4.79 Å². The zero-order chi connectivity index (χ0) is 12.5. The van der Waals surface area contributed by atoms with E-state index in [4.69, 9.17) is 4.74 Å².